The van der Waals surface area contributed by atoms with Crippen LogP contribution in [0.15, 0.2) is 12.3 Å². The number of fused-ring (bicyclic) bond motifs is 3. The van der Waals surface area contributed by atoms with Crippen LogP contribution in [-0.4, -0.2) is 39.2 Å². The monoisotopic (exact) mass is 285 g/mol. The molecule has 1 fully saturated rings. The van der Waals surface area contributed by atoms with Gasteiger partial charge in [0.1, 0.15) is 0 Å². The molecule has 1 saturated heterocycles. The van der Waals surface area contributed by atoms with Crippen molar-refractivity contribution in [3.63, 3.8) is 0 Å². The first-order chi connectivity index (χ1) is 8.63. The molecule has 0 saturated carbocycles. The van der Waals surface area contributed by atoms with Gasteiger partial charge in [0.05, 0.1) is 16.8 Å². The normalized spacial score (nSPS) is 26.9. The van der Waals surface area contributed by atoms with Gasteiger partial charge in [0.15, 0.2) is 5.82 Å². The van der Waals surface area contributed by atoms with E-state index in [2.05, 4.69) is 15.2 Å². The fourth-order valence-electron chi connectivity index (χ4n) is 2.39. The first kappa shape index (κ1) is 11.9. The summed E-state index contributed by atoms with van der Waals surface area (Å²) in [6.07, 6.45) is 1.92. The number of halogens is 1. The number of hydrogen-bond donors (Lipinski definition) is 1. The molecule has 3 rings (SSSR count). The molecular formula is C11H12ClN3O2S. The van der Waals surface area contributed by atoms with Gasteiger partial charge in [-0.3, -0.25) is 9.00 Å². The van der Waals surface area contributed by atoms with Crippen molar-refractivity contribution in [2.75, 3.05) is 28.3 Å². The Balaban J connectivity index is 2.04. The number of pyridine rings is 1. The first-order valence-electron chi connectivity index (χ1n) is 5.70. The van der Waals surface area contributed by atoms with Crippen molar-refractivity contribution >= 4 is 39.8 Å². The number of anilines is 2. The van der Waals surface area contributed by atoms with E-state index >= 15 is 0 Å². The summed E-state index contributed by atoms with van der Waals surface area (Å²) in [6.45, 7) is 0.661. The fraction of sp³-hybridized carbons (Fsp3) is 0.455. The minimum atomic E-state index is -0.838. The zero-order valence-corrected chi connectivity index (χ0v) is 11.1. The molecule has 2 unspecified atom stereocenters. The Morgan fingerprint density at radius 3 is 3.22 bits per heavy atom. The van der Waals surface area contributed by atoms with Crippen molar-refractivity contribution in [1.82, 2.24) is 4.98 Å². The lowest BCUT2D eigenvalue weighted by Crippen LogP contribution is -2.47. The van der Waals surface area contributed by atoms with Crippen LogP contribution >= 0.6 is 11.6 Å². The zero-order valence-electron chi connectivity index (χ0n) is 9.56. The van der Waals surface area contributed by atoms with Crippen molar-refractivity contribution in [3.05, 3.63) is 17.3 Å². The third-order valence-electron chi connectivity index (χ3n) is 3.18. The highest BCUT2D eigenvalue weighted by molar-refractivity contribution is 7.85. The summed E-state index contributed by atoms with van der Waals surface area (Å²) in [4.78, 5) is 18.2. The second-order valence-electron chi connectivity index (χ2n) is 4.43. The molecule has 1 N–H and O–H groups in total. The topological polar surface area (TPSA) is 62.3 Å². The van der Waals surface area contributed by atoms with Gasteiger partial charge < -0.3 is 10.2 Å². The summed E-state index contributed by atoms with van der Waals surface area (Å²) < 4.78 is 11.6. The number of rotatable bonds is 0. The van der Waals surface area contributed by atoms with Gasteiger partial charge >= 0.3 is 0 Å². The smallest absolute Gasteiger partial charge is 0.226 e. The quantitative estimate of drug-likeness (QED) is 0.773. The number of carbonyl (C=O) groups excluding carboxylic acids is 1. The lowest BCUT2D eigenvalue weighted by molar-refractivity contribution is -0.116. The first-order valence-corrected chi connectivity index (χ1v) is 7.57. The van der Waals surface area contributed by atoms with E-state index in [0.29, 0.717) is 35.2 Å². The van der Waals surface area contributed by atoms with Crippen molar-refractivity contribution in [2.45, 2.75) is 12.5 Å². The van der Waals surface area contributed by atoms with E-state index in [0.717, 1.165) is 5.82 Å². The molecule has 3 heterocycles. The van der Waals surface area contributed by atoms with Crippen molar-refractivity contribution in [3.8, 4) is 0 Å². The molecule has 0 spiro atoms. The average molecular weight is 286 g/mol. The van der Waals surface area contributed by atoms with Crippen LogP contribution in [0.5, 0.6) is 0 Å². The van der Waals surface area contributed by atoms with Gasteiger partial charge in [-0.1, -0.05) is 11.6 Å². The number of carbonyl (C=O) groups is 1. The van der Waals surface area contributed by atoms with E-state index < -0.39 is 10.8 Å². The Morgan fingerprint density at radius 2 is 2.39 bits per heavy atom. The lowest BCUT2D eigenvalue weighted by atomic mass is 10.2. The van der Waals surface area contributed by atoms with Crippen LogP contribution in [0.25, 0.3) is 0 Å². The number of nitrogens with one attached hydrogen (secondary N) is 1. The summed E-state index contributed by atoms with van der Waals surface area (Å²) in [5.74, 6) is 1.80. The fourth-order valence-corrected chi connectivity index (χ4v) is 3.84. The van der Waals surface area contributed by atoms with Gasteiger partial charge in [0.2, 0.25) is 5.91 Å². The maximum absolute atomic E-state index is 11.8. The number of aromatic nitrogens is 1. The third-order valence-corrected chi connectivity index (χ3v) is 4.78. The van der Waals surface area contributed by atoms with Crippen LogP contribution in [0.1, 0.15) is 6.42 Å². The van der Waals surface area contributed by atoms with Crippen LogP contribution in [0.4, 0.5) is 11.5 Å². The van der Waals surface area contributed by atoms with Gasteiger partial charge in [0, 0.05) is 41.5 Å². The standard InChI is InChI=1S/C11H12ClN3O2S/c12-7-3-9-11(13-5-7)15-1-2-18(17)6-8(15)4-10(16)14-9/h3,5,8H,1-2,4,6H2,(H,14,16). The molecule has 7 heteroatoms. The predicted octanol–water partition coefficient (Wildman–Crippen LogP) is 1.01. The molecule has 1 aromatic heterocycles. The van der Waals surface area contributed by atoms with Gasteiger partial charge in [-0.2, -0.15) is 0 Å². The third kappa shape index (κ3) is 2.10. The highest BCUT2D eigenvalue weighted by atomic mass is 35.5. The summed E-state index contributed by atoms with van der Waals surface area (Å²) in [5.41, 5.74) is 0.641. The molecule has 1 amide bonds. The molecule has 1 aromatic rings. The van der Waals surface area contributed by atoms with Gasteiger partial charge in [0.25, 0.3) is 0 Å². The summed E-state index contributed by atoms with van der Waals surface area (Å²) in [6, 6.07) is 1.67. The highest BCUT2D eigenvalue weighted by Gasteiger charge is 2.33. The van der Waals surface area contributed by atoms with Crippen LogP contribution in [0, 0.1) is 0 Å². The van der Waals surface area contributed by atoms with Crippen LogP contribution in [-0.2, 0) is 15.6 Å². The van der Waals surface area contributed by atoms with Gasteiger partial charge in [-0.05, 0) is 6.07 Å². The Hall–Kier alpha value is -1.14. The molecule has 0 radical (unpaired) electrons. The maximum atomic E-state index is 11.8. The minimum absolute atomic E-state index is 0.0329. The summed E-state index contributed by atoms with van der Waals surface area (Å²) in [7, 11) is -0.838. The maximum Gasteiger partial charge on any atom is 0.226 e. The van der Waals surface area contributed by atoms with Gasteiger partial charge in [-0.15, -0.1) is 0 Å². The molecule has 2 aliphatic rings. The van der Waals surface area contributed by atoms with Gasteiger partial charge in [-0.25, -0.2) is 4.98 Å². The second-order valence-corrected chi connectivity index (χ2v) is 6.49. The van der Waals surface area contributed by atoms with E-state index in [1.165, 1.54) is 0 Å². The molecule has 2 aliphatic heterocycles. The SMILES string of the molecule is O=C1CC2CS(=O)CCN2c2ncc(Cl)cc2N1. The predicted molar refractivity (Wildman–Crippen MR) is 71.5 cm³/mol. The van der Waals surface area contributed by atoms with Crippen molar-refractivity contribution < 1.29 is 9.00 Å². The molecule has 0 aliphatic carbocycles. The Kier molecular flexibility index (Phi) is 2.99. The Morgan fingerprint density at radius 1 is 1.56 bits per heavy atom. The zero-order chi connectivity index (χ0) is 12.7. The number of hydrogen-bond acceptors (Lipinski definition) is 4. The van der Waals surface area contributed by atoms with E-state index in [4.69, 9.17) is 11.6 Å². The molecule has 0 bridgehead atoms. The molecule has 96 valence electrons. The Labute approximate surface area is 112 Å². The number of nitrogens with zero attached hydrogens (tertiary/aromatic N) is 2. The van der Waals surface area contributed by atoms with Crippen LogP contribution in [0.2, 0.25) is 5.02 Å². The molecule has 5 nitrogen and oxygen atoms in total. The minimum Gasteiger partial charge on any atom is -0.350 e. The van der Waals surface area contributed by atoms with Crippen LogP contribution < -0.4 is 10.2 Å². The largest absolute Gasteiger partial charge is 0.350 e. The molecule has 0 aromatic carbocycles. The Bertz CT molecular complexity index is 537. The summed E-state index contributed by atoms with van der Waals surface area (Å²) in [5, 5.41) is 3.30. The number of amides is 1. The molecule has 2 atom stereocenters. The molecular weight excluding hydrogens is 274 g/mol. The summed E-state index contributed by atoms with van der Waals surface area (Å²) >= 11 is 5.90. The van der Waals surface area contributed by atoms with Crippen molar-refractivity contribution in [1.29, 1.82) is 0 Å². The van der Waals surface area contributed by atoms with E-state index in [1.54, 1.807) is 12.3 Å². The lowest BCUT2D eigenvalue weighted by Gasteiger charge is -2.34. The van der Waals surface area contributed by atoms with E-state index in [9.17, 15) is 9.00 Å². The molecule has 18 heavy (non-hydrogen) atoms. The second kappa shape index (κ2) is 4.51. The highest BCUT2D eigenvalue weighted by Crippen LogP contribution is 2.32. The van der Waals surface area contributed by atoms with Crippen molar-refractivity contribution in [2.24, 2.45) is 0 Å². The average Bonchev–Trinajstić information content (AvgIpc) is 2.42. The van der Waals surface area contributed by atoms with Crippen LogP contribution in [0.3, 0.4) is 0 Å². The van der Waals surface area contributed by atoms with E-state index in [-0.39, 0.29) is 11.9 Å². The van der Waals surface area contributed by atoms with E-state index in [1.807, 2.05) is 0 Å².